The van der Waals surface area contributed by atoms with Gasteiger partial charge in [-0.25, -0.2) is 0 Å². The molecule has 2 aromatic rings. The van der Waals surface area contributed by atoms with E-state index in [0.717, 1.165) is 37.7 Å². The van der Waals surface area contributed by atoms with Gasteiger partial charge < -0.3 is 14.8 Å². The molecule has 0 unspecified atom stereocenters. The van der Waals surface area contributed by atoms with Gasteiger partial charge in [0.15, 0.2) is 11.5 Å². The van der Waals surface area contributed by atoms with Crippen molar-refractivity contribution in [2.24, 2.45) is 0 Å². The van der Waals surface area contributed by atoms with Gasteiger partial charge >= 0.3 is 0 Å². The van der Waals surface area contributed by atoms with Crippen LogP contribution in [0.1, 0.15) is 17.5 Å². The quantitative estimate of drug-likeness (QED) is 0.934. The highest BCUT2D eigenvalue weighted by atomic mass is 16.5. The molecule has 0 fully saturated rings. The minimum Gasteiger partial charge on any atom is -0.490 e. The van der Waals surface area contributed by atoms with E-state index in [0.29, 0.717) is 0 Å². The Morgan fingerprint density at radius 2 is 1.81 bits per heavy atom. The van der Waals surface area contributed by atoms with Crippen LogP contribution < -0.4 is 14.8 Å². The van der Waals surface area contributed by atoms with E-state index in [2.05, 4.69) is 42.6 Å². The lowest BCUT2D eigenvalue weighted by Crippen LogP contribution is -2.05. The summed E-state index contributed by atoms with van der Waals surface area (Å²) < 4.78 is 11.5. The predicted molar refractivity (Wildman–Crippen MR) is 85.0 cm³/mol. The van der Waals surface area contributed by atoms with Gasteiger partial charge in [0.2, 0.25) is 0 Å². The second kappa shape index (κ2) is 6.19. The number of aryl methyl sites for hydroxylation is 1. The summed E-state index contributed by atoms with van der Waals surface area (Å²) in [5.74, 6) is 1.70. The minimum absolute atomic E-state index is 0.717. The minimum atomic E-state index is 0.717. The molecule has 0 aromatic heterocycles. The molecule has 0 amide bonds. The van der Waals surface area contributed by atoms with Gasteiger partial charge in [-0.1, -0.05) is 18.2 Å². The van der Waals surface area contributed by atoms with Gasteiger partial charge in [0.25, 0.3) is 0 Å². The Labute approximate surface area is 125 Å². The standard InChI is InChI=1S/C18H21NO2/c1-13-4-5-14(12-19-2)10-16(13)15-6-7-17-18(11-15)21-9-3-8-20-17/h4-7,10-11,19H,3,8-9,12H2,1-2H3. The van der Waals surface area contributed by atoms with E-state index in [1.165, 1.54) is 22.3 Å². The van der Waals surface area contributed by atoms with Crippen LogP contribution in [-0.2, 0) is 6.54 Å². The van der Waals surface area contributed by atoms with E-state index in [-0.39, 0.29) is 0 Å². The van der Waals surface area contributed by atoms with Gasteiger partial charge in [0.1, 0.15) is 0 Å². The van der Waals surface area contributed by atoms with Crippen LogP contribution in [0.25, 0.3) is 11.1 Å². The largest absolute Gasteiger partial charge is 0.490 e. The Morgan fingerprint density at radius 1 is 1.00 bits per heavy atom. The summed E-state index contributed by atoms with van der Waals surface area (Å²) in [5.41, 5.74) is 4.97. The first-order chi connectivity index (χ1) is 10.3. The number of fused-ring (bicyclic) bond motifs is 1. The second-order valence-electron chi connectivity index (χ2n) is 5.39. The van der Waals surface area contributed by atoms with E-state index in [1.54, 1.807) is 0 Å². The maximum Gasteiger partial charge on any atom is 0.161 e. The second-order valence-corrected chi connectivity index (χ2v) is 5.39. The lowest BCUT2D eigenvalue weighted by Gasteiger charge is -2.12. The molecule has 1 heterocycles. The van der Waals surface area contributed by atoms with Gasteiger partial charge in [-0.2, -0.15) is 0 Å². The average Bonchev–Trinajstić information content (AvgIpc) is 2.74. The molecule has 0 spiro atoms. The first-order valence-corrected chi connectivity index (χ1v) is 7.42. The van der Waals surface area contributed by atoms with Crippen LogP contribution >= 0.6 is 0 Å². The molecule has 0 saturated heterocycles. The Bertz CT molecular complexity index is 637. The Hall–Kier alpha value is -2.00. The highest BCUT2D eigenvalue weighted by Gasteiger charge is 2.12. The van der Waals surface area contributed by atoms with E-state index < -0.39 is 0 Å². The first-order valence-electron chi connectivity index (χ1n) is 7.42. The summed E-state index contributed by atoms with van der Waals surface area (Å²) >= 11 is 0. The topological polar surface area (TPSA) is 30.5 Å². The number of ether oxygens (including phenoxy) is 2. The summed E-state index contributed by atoms with van der Waals surface area (Å²) in [5, 5.41) is 3.20. The van der Waals surface area contributed by atoms with Crippen LogP contribution in [-0.4, -0.2) is 20.3 Å². The molecule has 21 heavy (non-hydrogen) atoms. The third kappa shape index (κ3) is 3.03. The molecule has 0 bridgehead atoms. The molecule has 1 aliphatic heterocycles. The maximum atomic E-state index is 5.79. The molecule has 1 N–H and O–H groups in total. The van der Waals surface area contributed by atoms with Gasteiger partial charge in [-0.3, -0.25) is 0 Å². The van der Waals surface area contributed by atoms with Crippen molar-refractivity contribution in [2.75, 3.05) is 20.3 Å². The van der Waals surface area contributed by atoms with Gasteiger partial charge in [0.05, 0.1) is 13.2 Å². The van der Waals surface area contributed by atoms with Crippen LogP contribution in [0.2, 0.25) is 0 Å². The smallest absolute Gasteiger partial charge is 0.161 e. The lowest BCUT2D eigenvalue weighted by atomic mass is 9.97. The van der Waals surface area contributed by atoms with E-state index in [9.17, 15) is 0 Å². The molecule has 3 nitrogen and oxygen atoms in total. The molecule has 3 heteroatoms. The zero-order valence-electron chi connectivity index (χ0n) is 12.6. The molecule has 0 saturated carbocycles. The van der Waals surface area contributed by atoms with Gasteiger partial charge in [-0.05, 0) is 54.4 Å². The van der Waals surface area contributed by atoms with Crippen LogP contribution in [0.5, 0.6) is 11.5 Å². The van der Waals surface area contributed by atoms with E-state index >= 15 is 0 Å². The fourth-order valence-electron chi connectivity index (χ4n) is 2.63. The number of benzene rings is 2. The van der Waals surface area contributed by atoms with Crippen molar-refractivity contribution in [1.82, 2.24) is 5.32 Å². The zero-order chi connectivity index (χ0) is 14.7. The summed E-state index contributed by atoms with van der Waals surface area (Å²) in [6, 6.07) is 12.8. The molecule has 1 aliphatic rings. The monoisotopic (exact) mass is 283 g/mol. The zero-order valence-corrected chi connectivity index (χ0v) is 12.6. The third-order valence-electron chi connectivity index (χ3n) is 3.74. The SMILES string of the molecule is CNCc1ccc(C)c(-c2ccc3c(c2)OCCCO3)c1. The van der Waals surface area contributed by atoms with E-state index in [1.807, 2.05) is 13.1 Å². The number of hydrogen-bond donors (Lipinski definition) is 1. The molecule has 0 radical (unpaired) electrons. The fraction of sp³-hybridized carbons (Fsp3) is 0.333. The highest BCUT2D eigenvalue weighted by molar-refractivity contribution is 5.71. The van der Waals surface area contributed by atoms with Crippen molar-refractivity contribution < 1.29 is 9.47 Å². The molecule has 2 aromatic carbocycles. The number of hydrogen-bond acceptors (Lipinski definition) is 3. The first kappa shape index (κ1) is 14.0. The Morgan fingerprint density at radius 3 is 2.62 bits per heavy atom. The van der Waals surface area contributed by atoms with Crippen LogP contribution in [0.3, 0.4) is 0 Å². The van der Waals surface area contributed by atoms with Crippen molar-refractivity contribution >= 4 is 0 Å². The number of nitrogens with one attached hydrogen (secondary N) is 1. The summed E-state index contributed by atoms with van der Waals surface area (Å²) in [6.45, 7) is 4.46. The molecule has 0 atom stereocenters. The predicted octanol–water partition coefficient (Wildman–Crippen LogP) is 3.54. The Kier molecular flexibility index (Phi) is 4.11. The fourth-order valence-corrected chi connectivity index (χ4v) is 2.63. The number of rotatable bonds is 3. The molecule has 110 valence electrons. The van der Waals surface area contributed by atoms with Gasteiger partial charge in [-0.15, -0.1) is 0 Å². The highest BCUT2D eigenvalue weighted by Crippen LogP contribution is 2.35. The Balaban J connectivity index is 2.00. The molecule has 0 aliphatic carbocycles. The van der Waals surface area contributed by atoms with Crippen LogP contribution in [0.15, 0.2) is 36.4 Å². The van der Waals surface area contributed by atoms with Crippen LogP contribution in [0, 0.1) is 6.92 Å². The molecular weight excluding hydrogens is 262 g/mol. The summed E-state index contributed by atoms with van der Waals surface area (Å²) in [7, 11) is 1.97. The summed E-state index contributed by atoms with van der Waals surface area (Å²) in [4.78, 5) is 0. The van der Waals surface area contributed by atoms with Crippen molar-refractivity contribution in [3.63, 3.8) is 0 Å². The van der Waals surface area contributed by atoms with Gasteiger partial charge in [0, 0.05) is 13.0 Å². The van der Waals surface area contributed by atoms with E-state index in [4.69, 9.17) is 9.47 Å². The van der Waals surface area contributed by atoms with Crippen LogP contribution in [0.4, 0.5) is 0 Å². The van der Waals surface area contributed by atoms with Crippen molar-refractivity contribution in [3.05, 3.63) is 47.5 Å². The lowest BCUT2D eigenvalue weighted by molar-refractivity contribution is 0.297. The van der Waals surface area contributed by atoms with Crippen molar-refractivity contribution in [1.29, 1.82) is 0 Å². The average molecular weight is 283 g/mol. The normalized spacial score (nSPS) is 13.8. The third-order valence-corrected chi connectivity index (χ3v) is 3.74. The molecule has 3 rings (SSSR count). The molecular formula is C18H21NO2. The summed E-state index contributed by atoms with van der Waals surface area (Å²) in [6.07, 6.45) is 0.931. The van der Waals surface area contributed by atoms with Crippen molar-refractivity contribution in [3.8, 4) is 22.6 Å². The maximum absolute atomic E-state index is 5.79. The van der Waals surface area contributed by atoms with Crippen molar-refractivity contribution in [2.45, 2.75) is 19.9 Å².